The van der Waals surface area contributed by atoms with E-state index in [0.29, 0.717) is 17.7 Å². The van der Waals surface area contributed by atoms with Crippen LogP contribution in [0.3, 0.4) is 0 Å². The first-order valence-corrected chi connectivity index (χ1v) is 8.97. The van der Waals surface area contributed by atoms with Crippen LogP contribution in [-0.4, -0.2) is 36.4 Å². The van der Waals surface area contributed by atoms with Crippen molar-refractivity contribution in [2.24, 2.45) is 0 Å². The lowest BCUT2D eigenvalue weighted by molar-refractivity contribution is -0.117. The van der Waals surface area contributed by atoms with Crippen LogP contribution in [0.5, 0.6) is 0 Å². The van der Waals surface area contributed by atoms with Crippen molar-refractivity contribution < 1.29 is 9.59 Å². The van der Waals surface area contributed by atoms with Gasteiger partial charge in [0.15, 0.2) is 0 Å². The summed E-state index contributed by atoms with van der Waals surface area (Å²) in [6.45, 7) is 4.88. The second-order valence-electron chi connectivity index (χ2n) is 6.41. The van der Waals surface area contributed by atoms with Gasteiger partial charge in [-0.25, -0.2) is 4.98 Å². The number of rotatable bonds is 5. The van der Waals surface area contributed by atoms with E-state index in [1.165, 1.54) is 0 Å². The maximum atomic E-state index is 13.2. The van der Waals surface area contributed by atoms with Gasteiger partial charge in [-0.2, -0.15) is 0 Å². The first-order chi connectivity index (χ1) is 12.6. The van der Waals surface area contributed by atoms with Crippen molar-refractivity contribution >= 4 is 29.0 Å². The van der Waals surface area contributed by atoms with Crippen LogP contribution in [0.15, 0.2) is 42.6 Å². The quantitative estimate of drug-likeness (QED) is 0.897. The van der Waals surface area contributed by atoms with Crippen molar-refractivity contribution in [1.82, 2.24) is 4.98 Å². The number of carbonyl (C=O) groups is 2. The molecule has 0 fully saturated rings. The number of fused-ring (bicyclic) bond motifs is 1. The van der Waals surface area contributed by atoms with Crippen molar-refractivity contribution in [2.75, 3.05) is 28.7 Å². The highest BCUT2D eigenvalue weighted by molar-refractivity contribution is 6.16. The molecule has 1 N–H and O–H groups in total. The largest absolute Gasteiger partial charge is 0.360 e. The van der Waals surface area contributed by atoms with E-state index in [1.54, 1.807) is 17.2 Å². The summed E-state index contributed by atoms with van der Waals surface area (Å²) in [4.78, 5) is 33.8. The lowest BCUT2D eigenvalue weighted by Gasteiger charge is -2.36. The van der Waals surface area contributed by atoms with Crippen LogP contribution in [0.1, 0.15) is 37.0 Å². The molecule has 0 bridgehead atoms. The lowest BCUT2D eigenvalue weighted by atomic mass is 10.0. The maximum Gasteiger partial charge on any atom is 0.260 e. The van der Waals surface area contributed by atoms with Crippen molar-refractivity contribution in [2.45, 2.75) is 32.7 Å². The fourth-order valence-electron chi connectivity index (χ4n) is 3.11. The molecule has 3 rings (SSSR count). The van der Waals surface area contributed by atoms with Crippen LogP contribution in [0.4, 0.5) is 17.2 Å². The SMILES string of the molecule is CCCC1C(=O)Nc2ccccc2N1C(=O)c1ccc(N(C)CC)nc1. The molecule has 1 aliphatic heterocycles. The van der Waals surface area contributed by atoms with E-state index in [-0.39, 0.29) is 11.8 Å². The number of aromatic nitrogens is 1. The molecule has 2 aromatic rings. The molecule has 1 aromatic heterocycles. The molecule has 136 valence electrons. The van der Waals surface area contributed by atoms with Crippen LogP contribution in [-0.2, 0) is 4.79 Å². The molecule has 1 aliphatic rings. The van der Waals surface area contributed by atoms with Crippen LogP contribution >= 0.6 is 0 Å². The van der Waals surface area contributed by atoms with Gasteiger partial charge in [-0.05, 0) is 37.6 Å². The first kappa shape index (κ1) is 17.9. The molecule has 6 nitrogen and oxygen atoms in total. The van der Waals surface area contributed by atoms with Crippen LogP contribution in [0, 0.1) is 0 Å². The summed E-state index contributed by atoms with van der Waals surface area (Å²) in [6.07, 6.45) is 3.00. The Hall–Kier alpha value is -2.89. The van der Waals surface area contributed by atoms with Gasteiger partial charge in [0.25, 0.3) is 5.91 Å². The highest BCUT2D eigenvalue weighted by Crippen LogP contribution is 2.34. The van der Waals surface area contributed by atoms with E-state index >= 15 is 0 Å². The Morgan fingerprint density at radius 3 is 2.65 bits per heavy atom. The second kappa shape index (κ2) is 7.56. The molecule has 6 heteroatoms. The molecule has 26 heavy (non-hydrogen) atoms. The minimum Gasteiger partial charge on any atom is -0.360 e. The summed E-state index contributed by atoms with van der Waals surface area (Å²) in [7, 11) is 1.95. The van der Waals surface area contributed by atoms with E-state index in [9.17, 15) is 9.59 Å². The molecule has 0 saturated carbocycles. The van der Waals surface area contributed by atoms with Gasteiger partial charge in [0, 0.05) is 19.8 Å². The van der Waals surface area contributed by atoms with Crippen molar-refractivity contribution in [3.63, 3.8) is 0 Å². The van der Waals surface area contributed by atoms with E-state index in [0.717, 1.165) is 24.5 Å². The Morgan fingerprint density at radius 1 is 1.23 bits per heavy atom. The van der Waals surface area contributed by atoms with Crippen LogP contribution < -0.4 is 15.1 Å². The molecular weight excluding hydrogens is 328 g/mol. The van der Waals surface area contributed by atoms with E-state index in [1.807, 2.05) is 56.1 Å². The minimum absolute atomic E-state index is 0.144. The number of pyridine rings is 1. The first-order valence-electron chi connectivity index (χ1n) is 8.97. The van der Waals surface area contributed by atoms with Gasteiger partial charge in [-0.3, -0.25) is 14.5 Å². The number of nitrogens with zero attached hydrogens (tertiary/aromatic N) is 3. The van der Waals surface area contributed by atoms with Gasteiger partial charge in [-0.1, -0.05) is 25.5 Å². The number of amides is 2. The van der Waals surface area contributed by atoms with Crippen molar-refractivity contribution in [3.8, 4) is 0 Å². The normalized spacial score (nSPS) is 16.0. The summed E-state index contributed by atoms with van der Waals surface area (Å²) in [5.41, 5.74) is 1.86. The number of benzene rings is 1. The molecule has 0 aliphatic carbocycles. The number of hydrogen-bond donors (Lipinski definition) is 1. The van der Waals surface area contributed by atoms with E-state index in [4.69, 9.17) is 0 Å². The predicted octanol–water partition coefficient (Wildman–Crippen LogP) is 3.31. The van der Waals surface area contributed by atoms with E-state index < -0.39 is 6.04 Å². The zero-order valence-electron chi connectivity index (χ0n) is 15.4. The van der Waals surface area contributed by atoms with Gasteiger partial charge in [0.2, 0.25) is 5.91 Å². The average Bonchev–Trinajstić information content (AvgIpc) is 2.67. The fraction of sp³-hybridized carbons (Fsp3) is 0.350. The van der Waals surface area contributed by atoms with Crippen molar-refractivity contribution in [1.29, 1.82) is 0 Å². The zero-order valence-corrected chi connectivity index (χ0v) is 15.4. The van der Waals surface area contributed by atoms with Gasteiger partial charge >= 0.3 is 0 Å². The monoisotopic (exact) mass is 352 g/mol. The molecule has 0 spiro atoms. The Balaban J connectivity index is 1.98. The third kappa shape index (κ3) is 3.27. The lowest BCUT2D eigenvalue weighted by Crippen LogP contribution is -2.51. The smallest absolute Gasteiger partial charge is 0.260 e. The van der Waals surface area contributed by atoms with Gasteiger partial charge < -0.3 is 10.2 Å². The van der Waals surface area contributed by atoms with E-state index in [2.05, 4.69) is 10.3 Å². The fourth-order valence-corrected chi connectivity index (χ4v) is 3.11. The molecule has 2 amide bonds. The van der Waals surface area contributed by atoms with Gasteiger partial charge in [0.1, 0.15) is 11.9 Å². The molecule has 0 saturated heterocycles. The van der Waals surface area contributed by atoms with Crippen LogP contribution in [0.25, 0.3) is 0 Å². The third-order valence-electron chi connectivity index (χ3n) is 4.68. The van der Waals surface area contributed by atoms with Gasteiger partial charge in [-0.15, -0.1) is 0 Å². The van der Waals surface area contributed by atoms with Crippen LogP contribution in [0.2, 0.25) is 0 Å². The molecule has 1 aromatic carbocycles. The Kier molecular flexibility index (Phi) is 5.21. The minimum atomic E-state index is -0.514. The van der Waals surface area contributed by atoms with Gasteiger partial charge in [0.05, 0.1) is 16.9 Å². The molecule has 1 unspecified atom stereocenters. The number of anilines is 3. The number of hydrogen-bond acceptors (Lipinski definition) is 4. The summed E-state index contributed by atoms with van der Waals surface area (Å²) >= 11 is 0. The number of nitrogens with one attached hydrogen (secondary N) is 1. The standard InChI is InChI=1S/C20H24N4O2/c1-4-8-17-19(25)22-15-9-6-7-10-16(15)24(17)20(26)14-11-12-18(21-13-14)23(3)5-2/h6-7,9-13,17H,4-5,8H2,1-3H3,(H,22,25). The Bertz CT molecular complexity index is 804. The maximum absolute atomic E-state index is 13.2. The second-order valence-corrected chi connectivity index (χ2v) is 6.41. The summed E-state index contributed by atoms with van der Waals surface area (Å²) in [5.74, 6) is 0.462. The topological polar surface area (TPSA) is 65.5 Å². The number of carbonyl (C=O) groups excluding carboxylic acids is 2. The third-order valence-corrected chi connectivity index (χ3v) is 4.68. The highest BCUT2D eigenvalue weighted by atomic mass is 16.2. The summed E-state index contributed by atoms with van der Waals surface area (Å²) in [5, 5.41) is 2.91. The predicted molar refractivity (Wildman–Crippen MR) is 104 cm³/mol. The average molecular weight is 352 g/mol. The zero-order chi connectivity index (χ0) is 18.7. The summed E-state index contributed by atoms with van der Waals surface area (Å²) in [6, 6.07) is 10.5. The molecule has 2 heterocycles. The Labute approximate surface area is 153 Å². The molecule has 1 atom stereocenters. The molecular formula is C20H24N4O2. The Morgan fingerprint density at radius 2 is 2.00 bits per heavy atom. The molecule has 0 radical (unpaired) electrons. The summed E-state index contributed by atoms with van der Waals surface area (Å²) < 4.78 is 0. The van der Waals surface area contributed by atoms with Crippen molar-refractivity contribution in [3.05, 3.63) is 48.2 Å². The number of para-hydroxylation sites is 2. The highest BCUT2D eigenvalue weighted by Gasteiger charge is 2.36.